The first-order chi connectivity index (χ1) is 0. The summed E-state index contributed by atoms with van der Waals surface area (Å²) >= 11 is 0. The Labute approximate surface area is 112 Å². The van der Waals surface area contributed by atoms with Gasteiger partial charge in [0, 0.05) is 17.4 Å². The maximum Gasteiger partial charge on any atom is 2.00 e. The van der Waals surface area contributed by atoms with E-state index in [4.69, 9.17) is 0 Å². The predicted octanol–water partition coefficient (Wildman–Crippen LogP) is -3.90. The standard InChI is InChI=1S/Cr.3Cu.6H2O.2O/h;;;;6*1H2;;/q;3*+2;;;;;;;2*-2/p-2. The van der Waals surface area contributed by atoms with Gasteiger partial charge in [-0.2, -0.15) is 0 Å². The molecule has 0 fully saturated rings. The van der Waals surface area contributed by atoms with Gasteiger partial charge in [0.25, 0.3) is 0 Å². The minimum atomic E-state index is 0. The summed E-state index contributed by atoms with van der Waals surface area (Å²) in [7, 11) is 0. The molecule has 0 saturated carbocycles. The molecule has 0 aliphatic carbocycles. The van der Waals surface area contributed by atoms with E-state index in [1.54, 1.807) is 0 Å². The van der Waals surface area contributed by atoms with Gasteiger partial charge in [-0.3, -0.25) is 0 Å². The van der Waals surface area contributed by atoms with Crippen molar-refractivity contribution in [2.75, 3.05) is 0 Å². The van der Waals surface area contributed by atoms with Gasteiger partial charge in [-0.05, 0) is 0 Å². The Morgan fingerprint density at radius 3 is 0.417 bits per heavy atom. The van der Waals surface area contributed by atoms with Crippen LogP contribution in [0.2, 0.25) is 0 Å². The second kappa shape index (κ2) is 564. The van der Waals surface area contributed by atoms with Crippen molar-refractivity contribution in [3.8, 4) is 0 Å². The van der Waals surface area contributed by atoms with Crippen LogP contribution in [-0.4, -0.2) is 32.9 Å². The molecular weight excluding hydrogens is 371 g/mol. The van der Waals surface area contributed by atoms with Gasteiger partial charge in [-0.25, -0.2) is 0 Å². The molecule has 8 nitrogen and oxygen atoms in total. The van der Waals surface area contributed by atoms with Crippen LogP contribution in [0.1, 0.15) is 0 Å². The van der Waals surface area contributed by atoms with Crippen LogP contribution in [0.25, 0.3) is 0 Å². The Kier molecular flexibility index (Phi) is 33700. The second-order valence-corrected chi connectivity index (χ2v) is 0. The van der Waals surface area contributed by atoms with Gasteiger partial charge in [0.05, 0.1) is 0 Å². The third kappa shape index (κ3) is 435. The molecular formula is H10CrCu3O8. The van der Waals surface area contributed by atoms with Crippen LogP contribution in [0.3, 0.4) is 0 Å². The molecule has 0 unspecified atom stereocenters. The second-order valence-electron chi connectivity index (χ2n) is 0. The molecule has 0 heterocycles. The third-order valence-corrected chi connectivity index (χ3v) is 0. The largest absolute Gasteiger partial charge is 2.00 e. The van der Waals surface area contributed by atoms with Crippen molar-refractivity contribution in [1.29, 1.82) is 0 Å². The van der Waals surface area contributed by atoms with Crippen LogP contribution in [0.5, 0.6) is 0 Å². The van der Waals surface area contributed by atoms with Gasteiger partial charge in [0.1, 0.15) is 0 Å². The fraction of sp³-hybridized carbons (Fsp3) is 0. The molecule has 0 atom stereocenters. The summed E-state index contributed by atoms with van der Waals surface area (Å²) in [5.41, 5.74) is 0. The van der Waals surface area contributed by atoms with Crippen LogP contribution in [0.4, 0.5) is 0 Å². The molecule has 97 valence electrons. The van der Waals surface area contributed by atoms with Crippen molar-refractivity contribution in [1.82, 2.24) is 0 Å². The summed E-state index contributed by atoms with van der Waals surface area (Å²) in [5.74, 6) is 0. The molecule has 3 radical (unpaired) electrons. The molecule has 0 amide bonds. The minimum absolute atomic E-state index is 0. The smallest absolute Gasteiger partial charge is 2.00 e. The predicted molar refractivity (Wildman–Crippen MR) is 19.7 cm³/mol. The van der Waals surface area contributed by atoms with Gasteiger partial charge in [0.2, 0.25) is 0 Å². The zero-order chi connectivity index (χ0) is 0. The maximum atomic E-state index is 0. The average Bonchev–Trinajstić information content (AvgIpc) is 0. The summed E-state index contributed by atoms with van der Waals surface area (Å²) in [4.78, 5) is 0. The third-order valence-electron chi connectivity index (χ3n) is 0. The van der Waals surface area contributed by atoms with Crippen molar-refractivity contribution in [2.24, 2.45) is 0 Å². The monoisotopic (exact) mass is 379 g/mol. The van der Waals surface area contributed by atoms with E-state index < -0.39 is 0 Å². The molecule has 0 bridgehead atoms. The first kappa shape index (κ1) is 716. The van der Waals surface area contributed by atoms with E-state index in [2.05, 4.69) is 0 Å². The Balaban J connectivity index is 0. The number of hydrogen-bond donors (Lipinski definition) is 0. The molecule has 0 saturated heterocycles. The quantitative estimate of drug-likeness (QED) is 0.382. The van der Waals surface area contributed by atoms with Gasteiger partial charge in [0.15, 0.2) is 0 Å². The SMILES string of the molecule is O.O.O.O.[Cr].[Cu+2].[Cu+2].[Cu+2].[O-2].[O-2].[OH-].[OH-]. The summed E-state index contributed by atoms with van der Waals surface area (Å²) in [5, 5.41) is 0. The Morgan fingerprint density at radius 2 is 0.417 bits per heavy atom. The molecule has 12 heteroatoms. The van der Waals surface area contributed by atoms with E-state index in [-0.39, 0.29) is 112 Å². The van der Waals surface area contributed by atoms with E-state index in [1.807, 2.05) is 0 Å². The van der Waals surface area contributed by atoms with E-state index in [0.29, 0.717) is 0 Å². The van der Waals surface area contributed by atoms with E-state index in [1.165, 1.54) is 0 Å². The van der Waals surface area contributed by atoms with Crippen molar-refractivity contribution in [3.63, 3.8) is 0 Å². The topological polar surface area (TPSA) is 243 Å². The molecule has 0 aromatic rings. The summed E-state index contributed by atoms with van der Waals surface area (Å²) in [6, 6.07) is 0. The van der Waals surface area contributed by atoms with Crippen LogP contribution >= 0.6 is 0 Å². The molecule has 0 aliphatic rings. The summed E-state index contributed by atoms with van der Waals surface area (Å²) < 4.78 is 0. The zero-order valence-electron chi connectivity index (χ0n) is 5.02. The summed E-state index contributed by atoms with van der Waals surface area (Å²) in [6.45, 7) is 0. The van der Waals surface area contributed by atoms with Crippen LogP contribution in [-0.2, 0) is 79.5 Å². The van der Waals surface area contributed by atoms with E-state index >= 15 is 0 Å². The van der Waals surface area contributed by atoms with E-state index in [0.717, 1.165) is 0 Å². The van der Waals surface area contributed by atoms with Crippen LogP contribution in [0.15, 0.2) is 0 Å². The molecule has 0 aliphatic heterocycles. The van der Waals surface area contributed by atoms with Gasteiger partial charge >= 0.3 is 51.2 Å². The van der Waals surface area contributed by atoms with Gasteiger partial charge < -0.3 is 43.8 Å². The molecule has 0 aromatic heterocycles. The Hall–Kier alpha value is 1.77. The normalized spacial score (nSPS) is 0. The van der Waals surface area contributed by atoms with Gasteiger partial charge in [-0.15, -0.1) is 0 Å². The zero-order valence-corrected chi connectivity index (χ0v) is 9.12. The minimum Gasteiger partial charge on any atom is -2.00 e. The summed E-state index contributed by atoms with van der Waals surface area (Å²) in [6.07, 6.45) is 0. The Bertz CT molecular complexity index is 14.3. The van der Waals surface area contributed by atoms with E-state index in [9.17, 15) is 0 Å². The molecule has 12 heavy (non-hydrogen) atoms. The molecule has 0 spiro atoms. The number of rotatable bonds is 0. The maximum absolute atomic E-state index is 0. The average molecular weight is 381 g/mol. The molecule has 0 aromatic carbocycles. The molecule has 10 N–H and O–H groups in total. The van der Waals surface area contributed by atoms with Gasteiger partial charge in [-0.1, -0.05) is 0 Å². The van der Waals surface area contributed by atoms with Crippen molar-refractivity contribution in [2.45, 2.75) is 0 Å². The fourth-order valence-electron chi connectivity index (χ4n) is 0. The van der Waals surface area contributed by atoms with Crippen molar-refractivity contribution in [3.05, 3.63) is 0 Å². The van der Waals surface area contributed by atoms with Crippen LogP contribution < -0.4 is 0 Å². The number of hydrogen-bond acceptors (Lipinski definition) is 2. The first-order valence-electron chi connectivity index (χ1n) is 0. The molecule has 0 rings (SSSR count). The van der Waals surface area contributed by atoms with Crippen molar-refractivity contribution >= 4 is 0 Å². The first-order valence-corrected chi connectivity index (χ1v) is 0. The van der Waals surface area contributed by atoms with Crippen molar-refractivity contribution < 1.29 is 112 Å². The fourth-order valence-corrected chi connectivity index (χ4v) is 0. The van der Waals surface area contributed by atoms with Crippen LogP contribution in [0, 0.1) is 0 Å². The Morgan fingerprint density at radius 1 is 0.417 bits per heavy atom.